The first kappa shape index (κ1) is 15.4. The third-order valence-corrected chi connectivity index (χ3v) is 4.03. The van der Waals surface area contributed by atoms with E-state index in [9.17, 15) is 8.42 Å². The van der Waals surface area contributed by atoms with Gasteiger partial charge in [0.1, 0.15) is 18.1 Å². The highest BCUT2D eigenvalue weighted by molar-refractivity contribution is 7.92. The van der Waals surface area contributed by atoms with Crippen LogP contribution < -0.4 is 15.2 Å². The minimum Gasteiger partial charge on any atom is -0.492 e. The smallest absolute Gasteiger partial charge is 0.237 e. The monoisotopic (exact) mass is 327 g/mol. The second-order valence-electron chi connectivity index (χ2n) is 4.17. The van der Waals surface area contributed by atoms with Gasteiger partial charge in [-0.1, -0.05) is 11.6 Å². The van der Waals surface area contributed by atoms with Crippen LogP contribution in [0, 0.1) is 0 Å². The van der Waals surface area contributed by atoms with E-state index < -0.39 is 10.0 Å². The molecule has 1 aromatic heterocycles. The Hall–Kier alpha value is -1.99. The van der Waals surface area contributed by atoms with Gasteiger partial charge in [-0.2, -0.15) is 0 Å². The number of nitrogens with two attached hydrogens (primary N) is 1. The zero-order chi connectivity index (χ0) is 15.3. The molecule has 1 aromatic carbocycles. The van der Waals surface area contributed by atoms with Crippen LogP contribution in [0.3, 0.4) is 0 Å². The summed E-state index contributed by atoms with van der Waals surface area (Å²) in [7, 11) is -3.58. The van der Waals surface area contributed by atoms with Crippen molar-refractivity contribution in [2.45, 2.75) is 0 Å². The molecule has 0 saturated carbocycles. The summed E-state index contributed by atoms with van der Waals surface area (Å²) >= 11 is 5.84. The van der Waals surface area contributed by atoms with E-state index in [1.807, 2.05) is 0 Å². The van der Waals surface area contributed by atoms with Crippen LogP contribution in [-0.2, 0) is 10.0 Å². The zero-order valence-corrected chi connectivity index (χ0v) is 12.6. The van der Waals surface area contributed by atoms with Gasteiger partial charge in [-0.05, 0) is 36.4 Å². The van der Waals surface area contributed by atoms with Crippen molar-refractivity contribution < 1.29 is 13.2 Å². The highest BCUT2D eigenvalue weighted by Gasteiger charge is 2.13. The highest BCUT2D eigenvalue weighted by Crippen LogP contribution is 2.19. The topological polar surface area (TPSA) is 94.3 Å². The highest BCUT2D eigenvalue weighted by atomic mass is 35.5. The number of halogens is 1. The van der Waals surface area contributed by atoms with Crippen molar-refractivity contribution in [3.05, 3.63) is 47.6 Å². The number of nitrogen functional groups attached to an aromatic ring is 1. The van der Waals surface area contributed by atoms with E-state index in [4.69, 9.17) is 22.1 Å². The molecule has 0 unspecified atom stereocenters. The molecular formula is C13H14ClN3O3S. The van der Waals surface area contributed by atoms with E-state index in [2.05, 4.69) is 9.71 Å². The van der Waals surface area contributed by atoms with E-state index in [0.717, 1.165) is 0 Å². The quantitative estimate of drug-likeness (QED) is 0.793. The summed E-state index contributed by atoms with van der Waals surface area (Å²) in [6.45, 7) is 0.00367. The number of sulfonamides is 1. The molecule has 1 heterocycles. The molecule has 0 aliphatic heterocycles. The maximum absolute atomic E-state index is 11.9. The summed E-state index contributed by atoms with van der Waals surface area (Å²) in [6, 6.07) is 9.86. The number of benzene rings is 1. The number of hydrogen-bond donors (Lipinski definition) is 2. The van der Waals surface area contributed by atoms with Crippen molar-refractivity contribution >= 4 is 33.1 Å². The summed E-state index contributed by atoms with van der Waals surface area (Å²) in [6.07, 6.45) is 1.45. The maximum Gasteiger partial charge on any atom is 0.237 e. The van der Waals surface area contributed by atoms with Gasteiger partial charge in [-0.15, -0.1) is 0 Å². The molecule has 0 radical (unpaired) electrons. The maximum atomic E-state index is 11.9. The molecule has 2 aromatic rings. The molecule has 2 rings (SSSR count). The summed E-state index contributed by atoms with van der Waals surface area (Å²) in [5.74, 6) is 0.437. The van der Waals surface area contributed by atoms with Gasteiger partial charge in [0.25, 0.3) is 0 Å². The molecule has 0 amide bonds. The van der Waals surface area contributed by atoms with Crippen LogP contribution in [0.5, 0.6) is 5.75 Å². The average Bonchev–Trinajstić information content (AvgIpc) is 2.43. The molecule has 0 saturated heterocycles. The van der Waals surface area contributed by atoms with Gasteiger partial charge in [0.2, 0.25) is 10.0 Å². The molecule has 21 heavy (non-hydrogen) atoms. The lowest BCUT2D eigenvalue weighted by molar-refractivity contribution is 0.341. The number of nitrogens with zero attached hydrogens (tertiary/aromatic N) is 1. The van der Waals surface area contributed by atoms with Crippen LogP contribution in [0.2, 0.25) is 5.02 Å². The second kappa shape index (κ2) is 6.64. The van der Waals surface area contributed by atoms with E-state index in [1.165, 1.54) is 6.20 Å². The Kier molecular flexibility index (Phi) is 4.87. The molecule has 8 heteroatoms. The van der Waals surface area contributed by atoms with Crippen LogP contribution in [0.15, 0.2) is 42.6 Å². The summed E-state index contributed by atoms with van der Waals surface area (Å²) in [5.41, 5.74) is 6.16. The van der Waals surface area contributed by atoms with Gasteiger partial charge < -0.3 is 10.5 Å². The predicted octanol–water partition coefficient (Wildman–Crippen LogP) is 2.14. The number of rotatable bonds is 6. The van der Waals surface area contributed by atoms with Crippen molar-refractivity contribution in [1.29, 1.82) is 0 Å². The molecule has 0 atom stereocenters. The lowest BCUT2D eigenvalue weighted by Gasteiger charge is -2.09. The minimum absolute atomic E-state index is 0.00367. The molecule has 0 aliphatic carbocycles. The van der Waals surface area contributed by atoms with Gasteiger partial charge in [0.05, 0.1) is 5.02 Å². The Morgan fingerprint density at radius 2 is 1.95 bits per heavy atom. The standard InChI is InChI=1S/C13H14ClN3O3S/c14-12-2-1-7-16-13(12)17-21(18,19)9-8-20-11-5-3-10(15)4-6-11/h1-7H,8-9,15H2,(H,16,17). The summed E-state index contributed by atoms with van der Waals surface area (Å²) in [4.78, 5) is 3.86. The van der Waals surface area contributed by atoms with E-state index in [-0.39, 0.29) is 23.2 Å². The van der Waals surface area contributed by atoms with Crippen molar-refractivity contribution in [1.82, 2.24) is 4.98 Å². The molecule has 112 valence electrons. The number of anilines is 2. The normalized spacial score (nSPS) is 11.1. The van der Waals surface area contributed by atoms with Gasteiger partial charge in [0, 0.05) is 11.9 Å². The lowest BCUT2D eigenvalue weighted by atomic mass is 10.3. The Balaban J connectivity index is 1.90. The van der Waals surface area contributed by atoms with E-state index in [1.54, 1.807) is 36.4 Å². The number of hydrogen-bond acceptors (Lipinski definition) is 5. The number of nitrogens with one attached hydrogen (secondary N) is 1. The first-order chi connectivity index (χ1) is 9.96. The fraction of sp³-hybridized carbons (Fsp3) is 0.154. The van der Waals surface area contributed by atoms with E-state index >= 15 is 0 Å². The molecule has 3 N–H and O–H groups in total. The third kappa shape index (κ3) is 4.80. The Labute approximate surface area is 128 Å². The van der Waals surface area contributed by atoms with Crippen LogP contribution in [-0.4, -0.2) is 25.8 Å². The molecular weight excluding hydrogens is 314 g/mol. The lowest BCUT2D eigenvalue weighted by Crippen LogP contribution is -2.22. The van der Waals surface area contributed by atoms with Crippen LogP contribution in [0.25, 0.3) is 0 Å². The predicted molar refractivity (Wildman–Crippen MR) is 83.0 cm³/mol. The van der Waals surface area contributed by atoms with Gasteiger partial charge >= 0.3 is 0 Å². The second-order valence-corrected chi connectivity index (χ2v) is 6.42. The molecule has 0 fully saturated rings. The minimum atomic E-state index is -3.58. The van der Waals surface area contributed by atoms with Crippen molar-refractivity contribution in [2.75, 3.05) is 22.8 Å². The van der Waals surface area contributed by atoms with Crippen LogP contribution in [0.1, 0.15) is 0 Å². The fourth-order valence-electron chi connectivity index (χ4n) is 1.49. The van der Waals surface area contributed by atoms with Crippen molar-refractivity contribution in [3.63, 3.8) is 0 Å². The number of ether oxygens (including phenoxy) is 1. The van der Waals surface area contributed by atoms with Crippen molar-refractivity contribution in [2.24, 2.45) is 0 Å². The number of aromatic nitrogens is 1. The van der Waals surface area contributed by atoms with Crippen LogP contribution >= 0.6 is 11.6 Å². The first-order valence-corrected chi connectivity index (χ1v) is 8.09. The number of pyridine rings is 1. The zero-order valence-electron chi connectivity index (χ0n) is 11.0. The summed E-state index contributed by atoms with van der Waals surface area (Å²) in [5, 5.41) is 0.237. The van der Waals surface area contributed by atoms with Crippen molar-refractivity contribution in [3.8, 4) is 5.75 Å². The Bertz CT molecular complexity index is 705. The van der Waals surface area contributed by atoms with Crippen LogP contribution in [0.4, 0.5) is 11.5 Å². The SMILES string of the molecule is Nc1ccc(OCCS(=O)(=O)Nc2ncccc2Cl)cc1. The molecule has 0 aliphatic rings. The first-order valence-electron chi connectivity index (χ1n) is 6.06. The Morgan fingerprint density at radius 1 is 1.24 bits per heavy atom. The average molecular weight is 328 g/mol. The van der Waals surface area contributed by atoms with Gasteiger partial charge in [-0.25, -0.2) is 13.4 Å². The largest absolute Gasteiger partial charge is 0.492 e. The third-order valence-electron chi connectivity index (χ3n) is 2.51. The molecule has 0 spiro atoms. The summed E-state index contributed by atoms with van der Waals surface area (Å²) < 4.78 is 31.4. The van der Waals surface area contributed by atoms with Gasteiger partial charge in [-0.3, -0.25) is 4.72 Å². The molecule has 0 bridgehead atoms. The Morgan fingerprint density at radius 3 is 2.62 bits per heavy atom. The van der Waals surface area contributed by atoms with E-state index in [0.29, 0.717) is 11.4 Å². The van der Waals surface area contributed by atoms with Gasteiger partial charge in [0.15, 0.2) is 5.82 Å². The fourth-order valence-corrected chi connectivity index (χ4v) is 2.58. The molecule has 6 nitrogen and oxygen atoms in total.